The van der Waals surface area contributed by atoms with Crippen molar-refractivity contribution in [1.29, 1.82) is 0 Å². The molecule has 0 saturated carbocycles. The molecule has 0 unspecified atom stereocenters. The van der Waals surface area contributed by atoms with E-state index >= 15 is 0 Å². The summed E-state index contributed by atoms with van der Waals surface area (Å²) in [4.78, 5) is 6.67. The number of hydrogen-bond donors (Lipinski definition) is 0. The van der Waals surface area contributed by atoms with Crippen LogP contribution in [0.1, 0.15) is 0 Å². The Morgan fingerprint density at radius 3 is 0.773 bits per heavy atom. The Morgan fingerprint density at radius 2 is 0.636 bits per heavy atom. The molecule has 0 heterocycles. The summed E-state index contributed by atoms with van der Waals surface area (Å²) in [5.41, 5.74) is 0. The van der Waals surface area contributed by atoms with E-state index in [-0.39, 0.29) is 0 Å². The van der Waals surface area contributed by atoms with E-state index in [0.717, 1.165) is 45.6 Å². The predicted molar refractivity (Wildman–Crippen MR) is 99.1 cm³/mol. The summed E-state index contributed by atoms with van der Waals surface area (Å²) in [5, 5.41) is 0. The quantitative estimate of drug-likeness (QED) is 0.429. The Balaban J connectivity index is 5.61. The van der Waals surface area contributed by atoms with Crippen LogP contribution in [-0.2, 0) is 0 Å². The second-order valence-electron chi connectivity index (χ2n) is 4.75. The zero-order valence-electron chi connectivity index (χ0n) is 13.8. The number of hydrogen-bond acceptors (Lipinski definition) is 3. The first-order valence-electron chi connectivity index (χ1n) is 7.47. The molecule has 0 N–H and O–H groups in total. The van der Waals surface area contributed by atoms with Crippen molar-refractivity contribution in [3.05, 3.63) is 82.2 Å². The Hall–Kier alpha value is -1.68. The highest BCUT2D eigenvalue weighted by Gasteiger charge is 2.29. The van der Waals surface area contributed by atoms with Gasteiger partial charge in [-0.05, 0) is 0 Å². The van der Waals surface area contributed by atoms with Crippen LogP contribution in [0.5, 0.6) is 0 Å². The van der Waals surface area contributed by atoms with E-state index in [1.165, 1.54) is 0 Å². The van der Waals surface area contributed by atoms with Crippen molar-refractivity contribution in [3.63, 3.8) is 0 Å². The maximum absolute atomic E-state index is 3.86. The van der Waals surface area contributed by atoms with Crippen molar-refractivity contribution in [1.82, 2.24) is 14.7 Å². The van der Waals surface area contributed by atoms with Crippen LogP contribution >= 0.6 is 0 Å². The molecule has 3 nitrogen and oxygen atoms in total. The average Bonchev–Trinajstić information content (AvgIpc) is 2.49. The highest BCUT2D eigenvalue weighted by atomic mass is 15.5. The molecule has 1 radical (unpaired) electrons. The minimum absolute atomic E-state index is 0.733. The molecule has 3 heteroatoms. The maximum atomic E-state index is 3.86. The van der Waals surface area contributed by atoms with Crippen molar-refractivity contribution in [2.24, 2.45) is 0 Å². The van der Waals surface area contributed by atoms with Crippen LogP contribution < -0.4 is 0 Å². The van der Waals surface area contributed by atoms with Crippen LogP contribution in [0.3, 0.4) is 0 Å². The van der Waals surface area contributed by atoms with E-state index in [0.29, 0.717) is 0 Å². The van der Waals surface area contributed by atoms with Gasteiger partial charge in [0.1, 0.15) is 0 Å². The zero-order chi connectivity index (χ0) is 16.8. The molecule has 0 amide bonds. The fraction of sp³-hybridized carbons (Fsp3) is 0.316. The first-order chi connectivity index (χ1) is 10.7. The third kappa shape index (κ3) is 6.85. The molecule has 0 aliphatic rings. The topological polar surface area (TPSA) is 9.72 Å². The Morgan fingerprint density at radius 1 is 0.455 bits per heavy atom. The molecule has 0 aliphatic heterocycles. The van der Waals surface area contributed by atoms with Crippen LogP contribution in [0.4, 0.5) is 0 Å². The van der Waals surface area contributed by atoms with Gasteiger partial charge in [-0.3, -0.25) is 14.7 Å². The third-order valence-corrected chi connectivity index (χ3v) is 2.95. The summed E-state index contributed by atoms with van der Waals surface area (Å²) in [6.07, 6.45) is 12.4. The monoisotopic (exact) mass is 300 g/mol. The summed E-state index contributed by atoms with van der Waals surface area (Å²) in [5.74, 6) is 0. The summed E-state index contributed by atoms with van der Waals surface area (Å²) in [6.45, 7) is 27.6. The van der Waals surface area contributed by atoms with Crippen molar-refractivity contribution in [2.45, 2.75) is 0 Å². The van der Waals surface area contributed by atoms with Gasteiger partial charge in [-0.1, -0.05) is 36.5 Å². The normalized spacial score (nSPS) is 10.9. The summed E-state index contributed by atoms with van der Waals surface area (Å²) >= 11 is 0. The highest BCUT2D eigenvalue weighted by Crippen LogP contribution is 2.20. The number of rotatable bonds is 15. The minimum atomic E-state index is 0.733. The molecule has 0 aromatic carbocycles. The fourth-order valence-electron chi connectivity index (χ4n) is 2.25. The van der Waals surface area contributed by atoms with Gasteiger partial charge in [0.25, 0.3) is 0 Å². The van der Waals surface area contributed by atoms with E-state index in [1.54, 1.807) is 0 Å². The lowest BCUT2D eigenvalue weighted by molar-refractivity contribution is 0.0612. The second-order valence-corrected chi connectivity index (χ2v) is 4.75. The molecular formula is C19H30N3. The summed E-state index contributed by atoms with van der Waals surface area (Å²) in [7, 11) is 0. The van der Waals surface area contributed by atoms with Crippen molar-refractivity contribution < 1.29 is 0 Å². The van der Waals surface area contributed by atoms with E-state index in [9.17, 15) is 0 Å². The van der Waals surface area contributed by atoms with E-state index in [4.69, 9.17) is 0 Å². The molecule has 0 aromatic heterocycles. The first kappa shape index (κ1) is 20.3. The molecule has 0 atom stereocenters. The average molecular weight is 300 g/mol. The van der Waals surface area contributed by atoms with E-state index in [1.807, 2.05) is 36.5 Å². The maximum Gasteiger partial charge on any atom is 0.180 e. The van der Waals surface area contributed by atoms with Gasteiger partial charge in [0.05, 0.1) is 0 Å². The van der Waals surface area contributed by atoms with Gasteiger partial charge in [0.2, 0.25) is 0 Å². The van der Waals surface area contributed by atoms with Gasteiger partial charge in [-0.15, -0.1) is 39.5 Å². The highest BCUT2D eigenvalue weighted by molar-refractivity contribution is 5.01. The van der Waals surface area contributed by atoms with Gasteiger partial charge < -0.3 is 0 Å². The van der Waals surface area contributed by atoms with Crippen LogP contribution in [0.25, 0.3) is 0 Å². The van der Waals surface area contributed by atoms with Gasteiger partial charge in [-0.2, -0.15) is 0 Å². The van der Waals surface area contributed by atoms with Crippen LogP contribution in [-0.4, -0.2) is 54.0 Å². The largest absolute Gasteiger partial charge is 0.261 e. The van der Waals surface area contributed by atoms with Crippen molar-refractivity contribution in [2.75, 3.05) is 39.3 Å². The van der Waals surface area contributed by atoms with Crippen LogP contribution in [0.2, 0.25) is 0 Å². The smallest absolute Gasteiger partial charge is 0.180 e. The standard InChI is InChI=1S/C19H30N3/c1-7-13-20(14-8-2)19(21(15-9-3)16-10-4)22(17-11-5)18-12-6/h7-12H,1-6,13-18H2. The SMILES string of the molecule is C=CCN(CC=C)[C](N(CC=C)CC=C)N(CC=C)CC=C. The van der Waals surface area contributed by atoms with E-state index in [2.05, 4.69) is 54.2 Å². The summed E-state index contributed by atoms with van der Waals surface area (Å²) < 4.78 is 0. The molecular weight excluding hydrogens is 270 g/mol. The fourth-order valence-corrected chi connectivity index (χ4v) is 2.25. The van der Waals surface area contributed by atoms with Crippen LogP contribution in [0.15, 0.2) is 75.9 Å². The molecule has 0 fully saturated rings. The minimum Gasteiger partial charge on any atom is -0.261 e. The Labute approximate surface area is 136 Å². The van der Waals surface area contributed by atoms with E-state index < -0.39 is 0 Å². The van der Waals surface area contributed by atoms with Crippen LogP contribution in [0, 0.1) is 6.29 Å². The molecule has 0 spiro atoms. The molecule has 0 aliphatic carbocycles. The van der Waals surface area contributed by atoms with Gasteiger partial charge in [0, 0.05) is 39.3 Å². The molecule has 22 heavy (non-hydrogen) atoms. The molecule has 121 valence electrons. The lowest BCUT2D eigenvalue weighted by atomic mass is 10.3. The number of nitrogens with zero attached hydrogens (tertiary/aromatic N) is 3. The van der Waals surface area contributed by atoms with Crippen molar-refractivity contribution in [3.8, 4) is 0 Å². The molecule has 0 saturated heterocycles. The molecule has 0 aromatic rings. The van der Waals surface area contributed by atoms with Crippen molar-refractivity contribution >= 4 is 0 Å². The Kier molecular flexibility index (Phi) is 12.0. The lowest BCUT2D eigenvalue weighted by Crippen LogP contribution is -2.52. The van der Waals surface area contributed by atoms with Gasteiger partial charge in [0.15, 0.2) is 6.29 Å². The predicted octanol–water partition coefficient (Wildman–Crippen LogP) is 3.46. The van der Waals surface area contributed by atoms with Gasteiger partial charge >= 0.3 is 0 Å². The Bertz CT molecular complexity index is 286. The first-order valence-corrected chi connectivity index (χ1v) is 7.47. The second kappa shape index (κ2) is 13.0. The van der Waals surface area contributed by atoms with Gasteiger partial charge in [-0.25, -0.2) is 0 Å². The third-order valence-electron chi connectivity index (χ3n) is 2.95. The summed E-state index contributed by atoms with van der Waals surface area (Å²) in [6, 6.07) is 0. The lowest BCUT2D eigenvalue weighted by Gasteiger charge is -2.42. The zero-order valence-corrected chi connectivity index (χ0v) is 13.8. The molecule has 0 bridgehead atoms. The molecule has 0 rings (SSSR count).